The summed E-state index contributed by atoms with van der Waals surface area (Å²) in [6.07, 6.45) is 2.43. The molecule has 1 aliphatic heterocycles. The Kier molecular flexibility index (Phi) is 5.91. The smallest absolute Gasteiger partial charge is 0.218 e. The zero-order chi connectivity index (χ0) is 13.7. The zero-order valence-corrected chi connectivity index (χ0v) is 11.8. The predicted octanol–water partition coefficient (Wildman–Crippen LogP) is 0.358. The van der Waals surface area contributed by atoms with E-state index in [0.29, 0.717) is 12.3 Å². The molecule has 0 bridgehead atoms. The number of carbonyl (C=O) groups is 2. The van der Waals surface area contributed by atoms with Crippen molar-refractivity contribution in [3.63, 3.8) is 0 Å². The number of Topliss-reactive ketones (excluding diaryl/α,β-unsaturated/α-hetero) is 2. The summed E-state index contributed by atoms with van der Waals surface area (Å²) < 4.78 is 0. The lowest BCUT2D eigenvalue weighted by molar-refractivity contribution is -0.139. The molecule has 5 nitrogen and oxygen atoms in total. The summed E-state index contributed by atoms with van der Waals surface area (Å²) in [6, 6.07) is -0.675. The van der Waals surface area contributed by atoms with E-state index in [4.69, 9.17) is 0 Å². The molecule has 0 saturated carbocycles. The Balaban J connectivity index is 2.64. The maximum absolute atomic E-state index is 12.2. The number of nitrogens with zero attached hydrogens (tertiary/aromatic N) is 1. The van der Waals surface area contributed by atoms with Crippen molar-refractivity contribution in [2.75, 3.05) is 20.6 Å². The van der Waals surface area contributed by atoms with Gasteiger partial charge in [-0.2, -0.15) is 0 Å². The van der Waals surface area contributed by atoms with Gasteiger partial charge in [0, 0.05) is 14.1 Å². The van der Waals surface area contributed by atoms with Gasteiger partial charge in [-0.1, -0.05) is 13.8 Å². The van der Waals surface area contributed by atoms with Crippen molar-refractivity contribution in [2.24, 2.45) is 5.92 Å². The molecule has 0 aromatic carbocycles. The molecule has 18 heavy (non-hydrogen) atoms. The van der Waals surface area contributed by atoms with Crippen LogP contribution >= 0.6 is 0 Å². The second-order valence-electron chi connectivity index (χ2n) is 5.58. The van der Waals surface area contributed by atoms with Crippen LogP contribution in [-0.4, -0.2) is 49.3 Å². The van der Waals surface area contributed by atoms with Gasteiger partial charge in [0.2, 0.25) is 11.6 Å². The summed E-state index contributed by atoms with van der Waals surface area (Å²) in [5, 5.41) is 4.82. The Morgan fingerprint density at radius 2 is 2.06 bits per heavy atom. The van der Waals surface area contributed by atoms with Crippen molar-refractivity contribution in [2.45, 2.75) is 45.2 Å². The van der Waals surface area contributed by atoms with Crippen molar-refractivity contribution >= 4 is 11.6 Å². The molecule has 1 aliphatic rings. The number of ketones is 2. The van der Waals surface area contributed by atoms with Gasteiger partial charge in [0.25, 0.3) is 0 Å². The molecule has 0 aliphatic carbocycles. The summed E-state index contributed by atoms with van der Waals surface area (Å²) in [5.74, 6) is -0.194. The minimum absolute atomic E-state index is 0.267. The summed E-state index contributed by atoms with van der Waals surface area (Å²) in [4.78, 5) is 24.3. The Bertz CT molecular complexity index is 287. The first-order chi connectivity index (χ1) is 8.41. The van der Waals surface area contributed by atoms with Crippen LogP contribution in [0.15, 0.2) is 0 Å². The molecule has 0 aromatic heterocycles. The number of hydrogen-bond donors (Lipinski definition) is 2. The molecule has 0 aromatic rings. The minimum atomic E-state index is -0.408. The van der Waals surface area contributed by atoms with E-state index in [-0.39, 0.29) is 17.6 Å². The topological polar surface area (TPSA) is 61.4 Å². The third-order valence-electron chi connectivity index (χ3n) is 3.06. The van der Waals surface area contributed by atoms with Crippen LogP contribution in [-0.2, 0) is 9.59 Å². The van der Waals surface area contributed by atoms with Crippen LogP contribution in [0.4, 0.5) is 0 Å². The van der Waals surface area contributed by atoms with Crippen molar-refractivity contribution < 1.29 is 9.59 Å². The van der Waals surface area contributed by atoms with E-state index in [9.17, 15) is 9.59 Å². The molecular formula is C13H25N3O2. The molecule has 0 radical (unpaired) electrons. The Labute approximate surface area is 109 Å². The predicted molar refractivity (Wildman–Crippen MR) is 71.1 cm³/mol. The molecule has 0 unspecified atom stereocenters. The molecule has 2 atom stereocenters. The highest BCUT2D eigenvalue weighted by atomic mass is 16.2. The fourth-order valence-electron chi connectivity index (χ4n) is 2.25. The van der Waals surface area contributed by atoms with Crippen LogP contribution in [0.1, 0.15) is 33.1 Å². The fraction of sp³-hybridized carbons (Fsp3) is 0.846. The van der Waals surface area contributed by atoms with Gasteiger partial charge in [-0.05, 0) is 31.7 Å². The summed E-state index contributed by atoms with van der Waals surface area (Å²) in [7, 11) is 3.66. The van der Waals surface area contributed by atoms with Crippen LogP contribution in [0.5, 0.6) is 0 Å². The van der Waals surface area contributed by atoms with Crippen molar-refractivity contribution in [1.82, 2.24) is 15.8 Å². The average Bonchev–Trinajstić information content (AvgIpc) is 2.78. The third kappa shape index (κ3) is 4.48. The quantitative estimate of drug-likeness (QED) is 0.508. The largest absolute Gasteiger partial charge is 0.307 e. The summed E-state index contributed by atoms with van der Waals surface area (Å²) >= 11 is 0. The molecule has 5 heteroatoms. The second-order valence-corrected chi connectivity index (χ2v) is 5.58. The average molecular weight is 255 g/mol. The zero-order valence-electron chi connectivity index (χ0n) is 11.8. The van der Waals surface area contributed by atoms with E-state index in [2.05, 4.69) is 24.6 Å². The van der Waals surface area contributed by atoms with E-state index in [0.717, 1.165) is 19.4 Å². The lowest BCUT2D eigenvalue weighted by Gasteiger charge is -2.23. The lowest BCUT2D eigenvalue weighted by atomic mass is 9.95. The number of hydrazine groups is 1. The van der Waals surface area contributed by atoms with E-state index in [1.807, 2.05) is 14.1 Å². The number of rotatable bonds is 7. The molecule has 1 rings (SSSR count). The van der Waals surface area contributed by atoms with Gasteiger partial charge in [-0.3, -0.25) is 9.59 Å². The SMILES string of the molecule is CC(C)C[C@H](NN(C)C)C(=O)C(=O)[C@@H]1CCCN1. The summed E-state index contributed by atoms with van der Waals surface area (Å²) in [6.45, 7) is 4.94. The first-order valence-electron chi connectivity index (χ1n) is 6.66. The van der Waals surface area contributed by atoms with Crippen LogP contribution < -0.4 is 10.7 Å². The molecule has 1 saturated heterocycles. The van der Waals surface area contributed by atoms with Gasteiger partial charge in [-0.25, -0.2) is 10.4 Å². The first-order valence-corrected chi connectivity index (χ1v) is 6.66. The molecule has 1 heterocycles. The van der Waals surface area contributed by atoms with Crippen LogP contribution in [0.25, 0.3) is 0 Å². The van der Waals surface area contributed by atoms with Crippen LogP contribution in [0.3, 0.4) is 0 Å². The number of carbonyl (C=O) groups excluding carboxylic acids is 2. The van der Waals surface area contributed by atoms with Crippen LogP contribution in [0.2, 0.25) is 0 Å². The fourth-order valence-corrected chi connectivity index (χ4v) is 2.25. The van der Waals surface area contributed by atoms with Gasteiger partial charge in [-0.15, -0.1) is 0 Å². The maximum atomic E-state index is 12.2. The van der Waals surface area contributed by atoms with Crippen molar-refractivity contribution in [3.8, 4) is 0 Å². The Morgan fingerprint density at radius 3 is 2.50 bits per heavy atom. The summed E-state index contributed by atoms with van der Waals surface area (Å²) in [5.41, 5.74) is 3.05. The third-order valence-corrected chi connectivity index (χ3v) is 3.06. The molecule has 104 valence electrons. The molecule has 2 N–H and O–H groups in total. The van der Waals surface area contributed by atoms with E-state index >= 15 is 0 Å². The van der Waals surface area contributed by atoms with Gasteiger partial charge in [0.15, 0.2) is 0 Å². The van der Waals surface area contributed by atoms with Gasteiger partial charge < -0.3 is 5.32 Å². The first kappa shape index (κ1) is 15.3. The number of hydrogen-bond acceptors (Lipinski definition) is 5. The second kappa shape index (κ2) is 6.97. The monoisotopic (exact) mass is 255 g/mol. The highest BCUT2D eigenvalue weighted by Crippen LogP contribution is 2.11. The van der Waals surface area contributed by atoms with Crippen LogP contribution in [0, 0.1) is 5.92 Å². The standard InChI is InChI=1S/C13H25N3O2/c1-9(2)8-11(15-16(3)4)13(18)12(17)10-6-5-7-14-10/h9-11,14-15H,5-8H2,1-4H3/t10-,11-/m0/s1. The van der Waals surface area contributed by atoms with Gasteiger partial charge in [0.05, 0.1) is 12.1 Å². The number of nitrogens with one attached hydrogen (secondary N) is 2. The van der Waals surface area contributed by atoms with Crippen molar-refractivity contribution in [1.29, 1.82) is 0 Å². The minimum Gasteiger partial charge on any atom is -0.307 e. The highest BCUT2D eigenvalue weighted by molar-refractivity contribution is 6.41. The van der Waals surface area contributed by atoms with E-state index < -0.39 is 6.04 Å². The lowest BCUT2D eigenvalue weighted by Crippen LogP contribution is -2.51. The Hall–Kier alpha value is -0.780. The Morgan fingerprint density at radius 1 is 1.39 bits per heavy atom. The maximum Gasteiger partial charge on any atom is 0.218 e. The van der Waals surface area contributed by atoms with Gasteiger partial charge in [0.1, 0.15) is 0 Å². The van der Waals surface area contributed by atoms with E-state index in [1.54, 1.807) is 5.01 Å². The molecule has 0 spiro atoms. The van der Waals surface area contributed by atoms with Gasteiger partial charge >= 0.3 is 0 Å². The van der Waals surface area contributed by atoms with E-state index in [1.165, 1.54) is 0 Å². The normalized spacial score (nSPS) is 21.6. The highest BCUT2D eigenvalue weighted by Gasteiger charge is 2.32. The van der Waals surface area contributed by atoms with Crippen molar-refractivity contribution in [3.05, 3.63) is 0 Å². The molecule has 1 fully saturated rings. The molecule has 0 amide bonds. The molecular weight excluding hydrogens is 230 g/mol.